The Morgan fingerprint density at radius 2 is 1.69 bits per heavy atom. The molecule has 142 valence electrons. The van der Waals surface area contributed by atoms with Gasteiger partial charge in [0.2, 0.25) is 10.0 Å². The second-order valence-corrected chi connectivity index (χ2v) is 7.67. The Morgan fingerprint density at radius 1 is 1.00 bits per heavy atom. The van der Waals surface area contributed by atoms with Crippen molar-refractivity contribution in [3.8, 4) is 0 Å². The molecule has 1 aliphatic rings. The number of sulfonamides is 1. The van der Waals surface area contributed by atoms with Gasteiger partial charge in [-0.25, -0.2) is 26.3 Å². The highest BCUT2D eigenvalue weighted by Crippen LogP contribution is 2.28. The summed E-state index contributed by atoms with van der Waals surface area (Å²) in [7, 11) is -3.86. The minimum absolute atomic E-state index is 0. The van der Waals surface area contributed by atoms with Gasteiger partial charge >= 0.3 is 0 Å². The molecule has 2 aromatic rings. The Bertz CT molecular complexity index is 863. The van der Waals surface area contributed by atoms with Crippen LogP contribution in [-0.2, 0) is 10.0 Å². The van der Waals surface area contributed by atoms with Crippen LogP contribution in [0.15, 0.2) is 47.4 Å². The highest BCUT2D eigenvalue weighted by atomic mass is 35.5. The number of hydrogen-bond donors (Lipinski definition) is 2. The average Bonchev–Trinajstić information content (AvgIpc) is 2.58. The summed E-state index contributed by atoms with van der Waals surface area (Å²) in [4.78, 5) is -0.0523. The van der Waals surface area contributed by atoms with E-state index in [4.69, 9.17) is 0 Å². The lowest BCUT2D eigenvalue weighted by Crippen LogP contribution is -2.49. The van der Waals surface area contributed by atoms with E-state index >= 15 is 0 Å². The monoisotopic (exact) mass is 406 g/mol. The smallest absolute Gasteiger partial charge is 0.240 e. The molecule has 1 aliphatic heterocycles. The Balaban J connectivity index is 0.00000243. The molecular weight excluding hydrogens is 389 g/mol. The molecule has 0 spiro atoms. The second-order valence-electron chi connectivity index (χ2n) is 5.95. The van der Waals surface area contributed by atoms with Crippen LogP contribution in [0.25, 0.3) is 0 Å². The normalized spacial score (nSPS) is 20.4. The molecule has 0 amide bonds. The maximum Gasteiger partial charge on any atom is 0.240 e. The number of hydrogen-bond acceptors (Lipinski definition) is 3. The van der Waals surface area contributed by atoms with E-state index in [1.165, 1.54) is 18.2 Å². The third-order valence-electron chi connectivity index (χ3n) is 4.28. The first-order valence-electron chi connectivity index (χ1n) is 7.80. The third kappa shape index (κ3) is 4.56. The standard InChI is InChI=1S/C17H17F3N2O2S.ClH/c18-12-2-4-13(5-3-12)25(23,24)22-17-10-21-8-7-14(17)11-1-6-15(19)16(20)9-11;/h1-6,9,14,17,21-22H,7-8,10H2;1H. The summed E-state index contributed by atoms with van der Waals surface area (Å²) >= 11 is 0. The van der Waals surface area contributed by atoms with Gasteiger partial charge in [-0.2, -0.15) is 0 Å². The van der Waals surface area contributed by atoms with E-state index in [1.54, 1.807) is 0 Å². The Morgan fingerprint density at radius 3 is 2.35 bits per heavy atom. The number of halogens is 4. The minimum atomic E-state index is -3.86. The van der Waals surface area contributed by atoms with Gasteiger partial charge in [-0.3, -0.25) is 0 Å². The summed E-state index contributed by atoms with van der Waals surface area (Å²) in [5, 5.41) is 3.09. The zero-order valence-corrected chi connectivity index (χ0v) is 15.2. The molecule has 9 heteroatoms. The molecule has 2 N–H and O–H groups in total. The highest BCUT2D eigenvalue weighted by molar-refractivity contribution is 7.89. The highest BCUT2D eigenvalue weighted by Gasteiger charge is 2.31. The van der Waals surface area contributed by atoms with E-state index in [-0.39, 0.29) is 23.2 Å². The van der Waals surface area contributed by atoms with Crippen molar-refractivity contribution < 1.29 is 21.6 Å². The second kappa shape index (κ2) is 8.39. The molecule has 1 fully saturated rings. The number of benzene rings is 2. The summed E-state index contributed by atoms with van der Waals surface area (Å²) in [6.45, 7) is 0.989. The summed E-state index contributed by atoms with van der Waals surface area (Å²) in [5.41, 5.74) is 0.534. The number of nitrogens with one attached hydrogen (secondary N) is 2. The maximum absolute atomic E-state index is 13.5. The van der Waals surface area contributed by atoms with Crippen molar-refractivity contribution in [3.05, 3.63) is 65.5 Å². The summed E-state index contributed by atoms with van der Waals surface area (Å²) in [6, 6.07) is 7.58. The first kappa shape index (κ1) is 20.7. The number of rotatable bonds is 4. The Labute approximate surface area is 156 Å². The van der Waals surface area contributed by atoms with Gasteiger partial charge in [-0.15, -0.1) is 12.4 Å². The third-order valence-corrected chi connectivity index (χ3v) is 5.79. The van der Waals surface area contributed by atoms with Gasteiger partial charge in [-0.1, -0.05) is 6.07 Å². The molecule has 2 atom stereocenters. The van der Waals surface area contributed by atoms with Crippen LogP contribution in [-0.4, -0.2) is 27.5 Å². The van der Waals surface area contributed by atoms with Crippen molar-refractivity contribution in [2.75, 3.05) is 13.1 Å². The van der Waals surface area contributed by atoms with Gasteiger partial charge in [0.15, 0.2) is 11.6 Å². The summed E-state index contributed by atoms with van der Waals surface area (Å²) in [6.07, 6.45) is 0.571. The van der Waals surface area contributed by atoms with Gasteiger partial charge in [0.05, 0.1) is 4.90 Å². The van der Waals surface area contributed by atoms with E-state index in [9.17, 15) is 21.6 Å². The van der Waals surface area contributed by atoms with Crippen molar-refractivity contribution in [2.45, 2.75) is 23.3 Å². The molecule has 0 saturated carbocycles. The van der Waals surface area contributed by atoms with Gasteiger partial charge in [0, 0.05) is 18.5 Å². The van der Waals surface area contributed by atoms with Gasteiger partial charge < -0.3 is 5.32 Å². The van der Waals surface area contributed by atoms with Gasteiger partial charge in [0.25, 0.3) is 0 Å². The molecule has 0 bridgehead atoms. The predicted octanol–water partition coefficient (Wildman–Crippen LogP) is 2.95. The fourth-order valence-electron chi connectivity index (χ4n) is 3.01. The molecule has 26 heavy (non-hydrogen) atoms. The van der Waals surface area contributed by atoms with Crippen molar-refractivity contribution >= 4 is 22.4 Å². The molecule has 0 radical (unpaired) electrons. The lowest BCUT2D eigenvalue weighted by atomic mass is 9.86. The van der Waals surface area contributed by atoms with E-state index in [0.717, 1.165) is 24.3 Å². The zero-order valence-electron chi connectivity index (χ0n) is 13.6. The van der Waals surface area contributed by atoms with Crippen molar-refractivity contribution in [2.24, 2.45) is 0 Å². The molecule has 2 unspecified atom stereocenters. The van der Waals surface area contributed by atoms with Crippen LogP contribution in [0.3, 0.4) is 0 Å². The van der Waals surface area contributed by atoms with Crippen molar-refractivity contribution in [3.63, 3.8) is 0 Å². The van der Waals surface area contributed by atoms with Crippen LogP contribution in [0.5, 0.6) is 0 Å². The average molecular weight is 407 g/mol. The van der Waals surface area contributed by atoms with E-state index < -0.39 is 33.5 Å². The van der Waals surface area contributed by atoms with Gasteiger partial charge in [0.1, 0.15) is 5.82 Å². The number of piperidine rings is 1. The van der Waals surface area contributed by atoms with Crippen LogP contribution >= 0.6 is 12.4 Å². The fourth-order valence-corrected chi connectivity index (χ4v) is 4.28. The van der Waals surface area contributed by atoms with Crippen LogP contribution < -0.4 is 10.0 Å². The zero-order chi connectivity index (χ0) is 18.0. The quantitative estimate of drug-likeness (QED) is 0.820. The van der Waals surface area contributed by atoms with Crippen molar-refractivity contribution in [1.82, 2.24) is 10.0 Å². The Kier molecular flexibility index (Phi) is 6.68. The molecule has 1 saturated heterocycles. The largest absolute Gasteiger partial charge is 0.315 e. The fraction of sp³-hybridized carbons (Fsp3) is 0.294. The SMILES string of the molecule is Cl.O=S(=O)(NC1CNCCC1c1ccc(F)c(F)c1)c1ccc(F)cc1. The lowest BCUT2D eigenvalue weighted by Gasteiger charge is -2.33. The predicted molar refractivity (Wildman–Crippen MR) is 94.3 cm³/mol. The van der Waals surface area contributed by atoms with E-state index in [1.807, 2.05) is 0 Å². The molecular formula is C17H18ClF3N2O2S. The maximum atomic E-state index is 13.5. The van der Waals surface area contributed by atoms with E-state index in [2.05, 4.69) is 10.0 Å². The first-order chi connectivity index (χ1) is 11.9. The molecule has 0 aromatic heterocycles. The topological polar surface area (TPSA) is 58.2 Å². The van der Waals surface area contributed by atoms with Crippen molar-refractivity contribution in [1.29, 1.82) is 0 Å². The van der Waals surface area contributed by atoms with Crippen LogP contribution in [0, 0.1) is 17.5 Å². The minimum Gasteiger partial charge on any atom is -0.315 e. The molecule has 1 heterocycles. The molecule has 4 nitrogen and oxygen atoms in total. The summed E-state index contributed by atoms with van der Waals surface area (Å²) in [5.74, 6) is -2.73. The first-order valence-corrected chi connectivity index (χ1v) is 9.29. The summed E-state index contributed by atoms with van der Waals surface area (Å²) < 4.78 is 67.3. The van der Waals surface area contributed by atoms with Crippen LogP contribution in [0.4, 0.5) is 13.2 Å². The molecule has 3 rings (SSSR count). The molecule has 2 aromatic carbocycles. The van der Waals surface area contributed by atoms with Crippen LogP contribution in [0.1, 0.15) is 17.9 Å². The van der Waals surface area contributed by atoms with E-state index in [0.29, 0.717) is 25.1 Å². The van der Waals surface area contributed by atoms with Crippen LogP contribution in [0.2, 0.25) is 0 Å². The Hall–Kier alpha value is -1.61. The molecule has 0 aliphatic carbocycles. The lowest BCUT2D eigenvalue weighted by molar-refractivity contribution is 0.376. The van der Waals surface area contributed by atoms with Gasteiger partial charge in [-0.05, 0) is 54.9 Å².